The minimum Gasteiger partial charge on any atom is -0.369 e. The third-order valence-corrected chi connectivity index (χ3v) is 2.81. The summed E-state index contributed by atoms with van der Waals surface area (Å²) < 4.78 is 6.17. The summed E-state index contributed by atoms with van der Waals surface area (Å²) >= 11 is 2.20. The average molecular weight is 319 g/mol. The topological polar surface area (TPSA) is 38.3 Å². The molecule has 0 aliphatic heterocycles. The van der Waals surface area contributed by atoms with Crippen molar-refractivity contribution in [3.05, 3.63) is 27.8 Å². The summed E-state index contributed by atoms with van der Waals surface area (Å²) in [5, 5.41) is 2.81. The summed E-state index contributed by atoms with van der Waals surface area (Å²) in [5.74, 6) is -0.146. The number of amides is 1. The molecule has 0 saturated carbocycles. The summed E-state index contributed by atoms with van der Waals surface area (Å²) in [6, 6.07) is 7.63. The highest BCUT2D eigenvalue weighted by molar-refractivity contribution is 14.1. The predicted octanol–water partition coefficient (Wildman–Crippen LogP) is 2.65. The molecule has 0 bridgehead atoms. The van der Waals surface area contributed by atoms with Crippen LogP contribution in [0.4, 0.5) is 5.69 Å². The SMILES string of the molecule is COC(C)(C)C(=O)Nc1cccc(I)c1. The number of nitrogens with one attached hydrogen (secondary N) is 1. The maximum atomic E-state index is 11.7. The predicted molar refractivity (Wildman–Crippen MR) is 68.9 cm³/mol. The molecule has 0 aliphatic carbocycles. The Kier molecular flexibility index (Phi) is 4.10. The van der Waals surface area contributed by atoms with E-state index in [4.69, 9.17) is 4.74 Å². The van der Waals surface area contributed by atoms with Gasteiger partial charge in [-0.2, -0.15) is 0 Å². The fraction of sp³-hybridized carbons (Fsp3) is 0.364. The van der Waals surface area contributed by atoms with Gasteiger partial charge in [0.05, 0.1) is 0 Å². The Bertz CT molecular complexity index is 363. The Morgan fingerprint density at radius 3 is 2.67 bits per heavy atom. The molecule has 1 rings (SSSR count). The van der Waals surface area contributed by atoms with Gasteiger partial charge in [0, 0.05) is 16.4 Å². The van der Waals surface area contributed by atoms with Gasteiger partial charge in [0.1, 0.15) is 5.60 Å². The van der Waals surface area contributed by atoms with E-state index in [0.29, 0.717) is 0 Å². The number of carbonyl (C=O) groups excluding carboxylic acids is 1. The monoisotopic (exact) mass is 319 g/mol. The molecule has 0 unspecified atom stereocenters. The van der Waals surface area contributed by atoms with E-state index in [1.165, 1.54) is 7.11 Å². The van der Waals surface area contributed by atoms with E-state index in [2.05, 4.69) is 27.9 Å². The molecule has 0 aliphatic rings. The van der Waals surface area contributed by atoms with Crippen LogP contribution >= 0.6 is 22.6 Å². The number of carbonyl (C=O) groups is 1. The quantitative estimate of drug-likeness (QED) is 0.870. The molecule has 1 N–H and O–H groups in total. The molecule has 0 aromatic heterocycles. The van der Waals surface area contributed by atoms with Crippen LogP contribution < -0.4 is 5.32 Å². The van der Waals surface area contributed by atoms with E-state index in [-0.39, 0.29) is 5.91 Å². The van der Waals surface area contributed by atoms with Crippen molar-refractivity contribution in [1.29, 1.82) is 0 Å². The lowest BCUT2D eigenvalue weighted by atomic mass is 10.1. The first-order valence-corrected chi connectivity index (χ1v) is 5.66. The number of ether oxygens (including phenoxy) is 1. The van der Waals surface area contributed by atoms with Crippen LogP contribution in [0.1, 0.15) is 13.8 Å². The zero-order valence-electron chi connectivity index (χ0n) is 9.00. The summed E-state index contributed by atoms with van der Waals surface area (Å²) in [5.41, 5.74) is -0.0154. The number of hydrogen-bond donors (Lipinski definition) is 1. The van der Waals surface area contributed by atoms with Gasteiger partial charge in [-0.3, -0.25) is 4.79 Å². The van der Waals surface area contributed by atoms with Crippen molar-refractivity contribution in [2.75, 3.05) is 12.4 Å². The van der Waals surface area contributed by atoms with Gasteiger partial charge >= 0.3 is 0 Å². The van der Waals surface area contributed by atoms with E-state index in [9.17, 15) is 4.79 Å². The zero-order valence-corrected chi connectivity index (χ0v) is 11.2. The Hall–Kier alpha value is -0.620. The molecule has 15 heavy (non-hydrogen) atoms. The minimum absolute atomic E-state index is 0.146. The van der Waals surface area contributed by atoms with Crippen molar-refractivity contribution in [2.24, 2.45) is 0 Å². The van der Waals surface area contributed by atoms with Crippen molar-refractivity contribution in [3.8, 4) is 0 Å². The lowest BCUT2D eigenvalue weighted by Gasteiger charge is -2.21. The van der Waals surface area contributed by atoms with Gasteiger partial charge in [0.25, 0.3) is 5.91 Å². The first kappa shape index (κ1) is 12.4. The molecule has 1 amide bonds. The fourth-order valence-electron chi connectivity index (χ4n) is 0.941. The third kappa shape index (κ3) is 3.46. The highest BCUT2D eigenvalue weighted by Crippen LogP contribution is 2.15. The van der Waals surface area contributed by atoms with Gasteiger partial charge < -0.3 is 10.1 Å². The summed E-state index contributed by atoms with van der Waals surface area (Å²) in [7, 11) is 1.52. The summed E-state index contributed by atoms with van der Waals surface area (Å²) in [4.78, 5) is 11.7. The Morgan fingerprint density at radius 1 is 1.47 bits per heavy atom. The number of hydrogen-bond acceptors (Lipinski definition) is 2. The van der Waals surface area contributed by atoms with Crippen LogP contribution in [0, 0.1) is 3.57 Å². The second-order valence-electron chi connectivity index (χ2n) is 3.68. The van der Waals surface area contributed by atoms with Gasteiger partial charge in [0.15, 0.2) is 0 Å². The normalized spacial score (nSPS) is 11.2. The van der Waals surface area contributed by atoms with Crippen molar-refractivity contribution >= 4 is 34.2 Å². The molecule has 4 heteroatoms. The molecule has 1 aromatic carbocycles. The van der Waals surface area contributed by atoms with Crippen LogP contribution in [-0.2, 0) is 9.53 Å². The second kappa shape index (κ2) is 4.94. The van der Waals surface area contributed by atoms with E-state index in [1.807, 2.05) is 24.3 Å². The third-order valence-electron chi connectivity index (χ3n) is 2.14. The molecule has 1 aromatic rings. The second-order valence-corrected chi connectivity index (χ2v) is 4.92. The van der Waals surface area contributed by atoms with Gasteiger partial charge in [-0.15, -0.1) is 0 Å². The Labute approximate surface area is 103 Å². The Balaban J connectivity index is 2.75. The van der Waals surface area contributed by atoms with E-state index >= 15 is 0 Å². The molecule has 0 heterocycles. The van der Waals surface area contributed by atoms with E-state index in [0.717, 1.165) is 9.26 Å². The lowest BCUT2D eigenvalue weighted by molar-refractivity contribution is -0.133. The Morgan fingerprint density at radius 2 is 2.13 bits per heavy atom. The molecule has 0 radical (unpaired) electrons. The largest absolute Gasteiger partial charge is 0.369 e. The molecule has 0 saturated heterocycles. The minimum atomic E-state index is -0.804. The van der Waals surface area contributed by atoms with Crippen molar-refractivity contribution in [1.82, 2.24) is 0 Å². The van der Waals surface area contributed by atoms with Crippen molar-refractivity contribution < 1.29 is 9.53 Å². The maximum Gasteiger partial charge on any atom is 0.256 e. The number of methoxy groups -OCH3 is 1. The average Bonchev–Trinajstić information content (AvgIpc) is 2.17. The molecule has 0 spiro atoms. The maximum absolute atomic E-state index is 11.7. The molecular weight excluding hydrogens is 305 g/mol. The van der Waals surface area contributed by atoms with Crippen molar-refractivity contribution in [3.63, 3.8) is 0 Å². The van der Waals surface area contributed by atoms with E-state index < -0.39 is 5.60 Å². The fourth-order valence-corrected chi connectivity index (χ4v) is 1.48. The summed E-state index contributed by atoms with van der Waals surface area (Å²) in [6.07, 6.45) is 0. The number of halogens is 1. The first-order valence-electron chi connectivity index (χ1n) is 4.58. The molecular formula is C11H14INO2. The van der Waals surface area contributed by atoms with E-state index in [1.54, 1.807) is 13.8 Å². The van der Waals surface area contributed by atoms with Crippen LogP contribution in [0.2, 0.25) is 0 Å². The molecule has 3 nitrogen and oxygen atoms in total. The van der Waals surface area contributed by atoms with Crippen LogP contribution in [0.3, 0.4) is 0 Å². The van der Waals surface area contributed by atoms with Crippen molar-refractivity contribution in [2.45, 2.75) is 19.4 Å². The summed E-state index contributed by atoms with van der Waals surface area (Å²) in [6.45, 7) is 3.46. The first-order chi connectivity index (χ1) is 6.95. The van der Waals surface area contributed by atoms with Crippen LogP contribution in [0.5, 0.6) is 0 Å². The molecule has 0 fully saturated rings. The number of rotatable bonds is 3. The lowest BCUT2D eigenvalue weighted by Crippen LogP contribution is -2.38. The van der Waals surface area contributed by atoms with Crippen LogP contribution in [-0.4, -0.2) is 18.6 Å². The zero-order chi connectivity index (χ0) is 11.5. The van der Waals surface area contributed by atoms with Gasteiger partial charge in [-0.05, 0) is 54.6 Å². The highest BCUT2D eigenvalue weighted by atomic mass is 127. The van der Waals surface area contributed by atoms with Gasteiger partial charge in [-0.25, -0.2) is 0 Å². The van der Waals surface area contributed by atoms with Crippen LogP contribution in [0.25, 0.3) is 0 Å². The van der Waals surface area contributed by atoms with Gasteiger partial charge in [-0.1, -0.05) is 6.07 Å². The van der Waals surface area contributed by atoms with Crippen LogP contribution in [0.15, 0.2) is 24.3 Å². The molecule has 0 atom stereocenters. The number of anilines is 1. The van der Waals surface area contributed by atoms with Gasteiger partial charge in [0.2, 0.25) is 0 Å². The number of benzene rings is 1. The highest BCUT2D eigenvalue weighted by Gasteiger charge is 2.26. The molecule has 82 valence electrons. The standard InChI is InChI=1S/C11H14INO2/c1-11(2,15-3)10(14)13-9-6-4-5-8(12)7-9/h4-7H,1-3H3,(H,13,14). The smallest absolute Gasteiger partial charge is 0.256 e.